The number of unbranched alkanes of at least 4 members (excludes halogenated alkanes) is 5. The molecule has 18 nitrogen and oxygen atoms in total. The number of aliphatic hydroxyl groups is 1. The Labute approximate surface area is 380 Å². The minimum Gasteiger partial charge on any atom is -0.394 e. The molecular weight excluding hydrogens is 856 g/mol. The molecule has 7 atom stereocenters. The first-order valence-corrected chi connectivity index (χ1v) is 24.4. The average molecular weight is 921 g/mol. The van der Waals surface area contributed by atoms with Crippen molar-refractivity contribution < 1.29 is 48.2 Å². The smallest absolute Gasteiger partial charge is 0.325 e. The van der Waals surface area contributed by atoms with Crippen LogP contribution in [0.3, 0.4) is 0 Å². The molecule has 0 saturated carbocycles. The highest BCUT2D eigenvalue weighted by atomic mass is 31.2. The number of amides is 6. The number of carbonyl (C=O) groups excluding carboxylic acids is 6. The Balaban J connectivity index is 1.30. The molecule has 1 aromatic heterocycles. The summed E-state index contributed by atoms with van der Waals surface area (Å²) in [6.45, 7) is 3.20. The molecule has 0 aliphatic carbocycles. The molecular formula is C46H65N8O10P. The predicted molar refractivity (Wildman–Crippen MR) is 242 cm³/mol. The number of benzene rings is 2. The van der Waals surface area contributed by atoms with Crippen LogP contribution in [0.1, 0.15) is 88.5 Å². The lowest BCUT2D eigenvalue weighted by Gasteiger charge is -2.32. The van der Waals surface area contributed by atoms with Crippen molar-refractivity contribution in [2.24, 2.45) is 11.7 Å². The van der Waals surface area contributed by atoms with Crippen LogP contribution in [0.5, 0.6) is 0 Å². The number of aliphatic hydroxyl groups excluding tert-OH is 1. The molecule has 0 spiro atoms. The Bertz CT molecular complexity index is 2120. The molecule has 2 fully saturated rings. The zero-order chi connectivity index (χ0) is 47.1. The van der Waals surface area contributed by atoms with Gasteiger partial charge < -0.3 is 50.9 Å². The number of primary amides is 1. The van der Waals surface area contributed by atoms with Crippen molar-refractivity contribution in [1.82, 2.24) is 35.3 Å². The maximum absolute atomic E-state index is 14.5. The molecule has 2 aliphatic heterocycles. The van der Waals surface area contributed by atoms with Crippen LogP contribution in [0.15, 0.2) is 73.2 Å². The third-order valence-corrected chi connectivity index (χ3v) is 13.3. The van der Waals surface area contributed by atoms with E-state index < -0.39 is 92.1 Å². The van der Waals surface area contributed by atoms with E-state index in [0.29, 0.717) is 37.2 Å². The van der Waals surface area contributed by atoms with Crippen LogP contribution in [0.4, 0.5) is 0 Å². The number of nitrogens with one attached hydrogen (secondary N) is 3. The third kappa shape index (κ3) is 14.8. The Kier molecular flexibility index (Phi) is 18.8. The molecule has 8 N–H and O–H groups in total. The second kappa shape index (κ2) is 24.2. The highest BCUT2D eigenvalue weighted by molar-refractivity contribution is 7.51. The Hall–Kier alpha value is -5.42. The summed E-state index contributed by atoms with van der Waals surface area (Å²) in [5, 5.41) is 18.2. The van der Waals surface area contributed by atoms with Crippen LogP contribution >= 0.6 is 7.60 Å². The lowest BCUT2D eigenvalue weighted by molar-refractivity contribution is -0.142. The van der Waals surface area contributed by atoms with Crippen molar-refractivity contribution >= 4 is 43.0 Å². The maximum atomic E-state index is 14.5. The number of hydrogen-bond acceptors (Lipinski definition) is 9. The number of aryl methyl sites for hydroxylation is 2. The van der Waals surface area contributed by atoms with Gasteiger partial charge in [-0.25, -0.2) is 4.98 Å². The predicted octanol–water partition coefficient (Wildman–Crippen LogP) is 1.98. The first-order valence-electron chi connectivity index (χ1n) is 22.6. The van der Waals surface area contributed by atoms with Crippen molar-refractivity contribution in [3.63, 3.8) is 0 Å². The zero-order valence-electron chi connectivity index (χ0n) is 37.3. The summed E-state index contributed by atoms with van der Waals surface area (Å²) in [6.07, 6.45) is 10.9. The number of nitrogens with zero attached hydrogens (tertiary/aromatic N) is 4. The quantitative estimate of drug-likeness (QED) is 0.0477. The maximum Gasteiger partial charge on any atom is 0.325 e. The number of hydrogen-bond donors (Lipinski definition) is 7. The number of rotatable bonds is 25. The Morgan fingerprint density at radius 3 is 2.17 bits per heavy atom. The Morgan fingerprint density at radius 2 is 1.54 bits per heavy atom. The van der Waals surface area contributed by atoms with E-state index in [4.69, 9.17) is 5.73 Å². The van der Waals surface area contributed by atoms with Gasteiger partial charge in [-0.05, 0) is 63.0 Å². The first kappa shape index (κ1) is 50.6. The molecule has 5 rings (SSSR count). The summed E-state index contributed by atoms with van der Waals surface area (Å²) in [5.41, 5.74) is 8.27. The van der Waals surface area contributed by atoms with Crippen molar-refractivity contribution in [2.45, 2.75) is 134 Å². The minimum absolute atomic E-state index is 0.0410. The van der Waals surface area contributed by atoms with Gasteiger partial charge in [0.05, 0.1) is 19.1 Å². The highest BCUT2D eigenvalue weighted by Crippen LogP contribution is 2.39. The molecule has 354 valence electrons. The molecule has 1 unspecified atom stereocenters. The van der Waals surface area contributed by atoms with Gasteiger partial charge in [0.15, 0.2) is 0 Å². The van der Waals surface area contributed by atoms with Crippen LogP contribution in [-0.2, 0) is 59.1 Å². The highest BCUT2D eigenvalue weighted by Gasteiger charge is 2.46. The molecule has 3 heterocycles. The average Bonchev–Trinajstić information content (AvgIpc) is 4.01. The van der Waals surface area contributed by atoms with Crippen LogP contribution in [-0.4, -0.2) is 125 Å². The van der Waals surface area contributed by atoms with E-state index in [2.05, 4.69) is 45.2 Å². The lowest BCUT2D eigenvalue weighted by Crippen LogP contribution is -2.60. The van der Waals surface area contributed by atoms with Gasteiger partial charge in [-0.3, -0.25) is 33.3 Å². The van der Waals surface area contributed by atoms with Gasteiger partial charge >= 0.3 is 7.60 Å². The summed E-state index contributed by atoms with van der Waals surface area (Å²) < 4.78 is 14.1. The zero-order valence-corrected chi connectivity index (χ0v) is 38.2. The Morgan fingerprint density at radius 1 is 0.892 bits per heavy atom. The molecule has 6 amide bonds. The van der Waals surface area contributed by atoms with Crippen LogP contribution < -0.4 is 21.7 Å². The second-order valence-corrected chi connectivity index (χ2v) is 19.0. The molecule has 0 radical (unpaired) electrons. The van der Waals surface area contributed by atoms with E-state index in [-0.39, 0.29) is 25.2 Å². The SMILES string of the molecule is CC(=O)N1CCC[C@H]1C(=O)N[C@H]1CC(C)N([C@@H](Cc2cncn2CCCCCCCCc2ccccc2)C(=O)N[C@@H](CO)C(=O)N[C@@H](C(N)=O)[C@H](Cc2ccccc2)CP(=O)(O)O)C1=O. The topological polar surface area (TPSA) is 267 Å². The summed E-state index contributed by atoms with van der Waals surface area (Å²) in [6, 6.07) is 12.1. The van der Waals surface area contributed by atoms with Crippen LogP contribution in [0, 0.1) is 5.92 Å². The molecule has 2 aliphatic rings. The second-order valence-electron chi connectivity index (χ2n) is 17.3. The number of aromatic nitrogens is 2. The fraction of sp³-hybridized carbons (Fsp3) is 0.543. The van der Waals surface area contributed by atoms with Crippen molar-refractivity contribution in [3.8, 4) is 0 Å². The molecule has 65 heavy (non-hydrogen) atoms. The van der Waals surface area contributed by atoms with E-state index in [1.165, 1.54) is 22.3 Å². The number of nitrogens with two attached hydrogens (primary N) is 1. The molecule has 3 aromatic rings. The standard InChI is InChI=1S/C46H65N8O10P/c1-31-24-37(49-44(59)39-21-15-23-53(39)32(2)56)46(61)54(31)40(26-36-27-48-30-52(36)22-14-6-4-3-5-9-16-33-17-10-7-11-18-33)45(60)50-38(28-55)43(58)51-41(42(47)57)35(29-65(62,63)64)25-34-19-12-8-13-20-34/h7-8,10-13,17-20,27,30-31,35,37-41,55H,3-6,9,14-16,21-26,28-29H2,1-2H3,(H2,47,57)(H,49,59)(H,50,60)(H,51,58)(H2,62,63,64)/t31?,35-,37+,38+,39+,40+,41-/m1/s1. The number of likely N-dealkylation sites (tertiary alicyclic amines) is 2. The fourth-order valence-electron chi connectivity index (χ4n) is 9.06. The molecule has 2 aromatic carbocycles. The largest absolute Gasteiger partial charge is 0.394 e. The van der Waals surface area contributed by atoms with E-state index >= 15 is 0 Å². The fourth-order valence-corrected chi connectivity index (χ4v) is 10.0. The van der Waals surface area contributed by atoms with Crippen LogP contribution in [0.2, 0.25) is 0 Å². The minimum atomic E-state index is -4.74. The van der Waals surface area contributed by atoms with Crippen molar-refractivity contribution in [2.75, 3.05) is 19.3 Å². The van der Waals surface area contributed by atoms with Gasteiger partial charge in [0.25, 0.3) is 0 Å². The van der Waals surface area contributed by atoms with Crippen molar-refractivity contribution in [1.29, 1.82) is 0 Å². The normalized spacial score (nSPS) is 19.3. The van der Waals surface area contributed by atoms with Gasteiger partial charge in [-0.15, -0.1) is 0 Å². The summed E-state index contributed by atoms with van der Waals surface area (Å²) in [4.78, 5) is 108. The lowest BCUT2D eigenvalue weighted by atomic mass is 9.93. The summed E-state index contributed by atoms with van der Waals surface area (Å²) in [7, 11) is -4.74. The number of carbonyl (C=O) groups is 6. The number of imidazole rings is 1. The van der Waals surface area contributed by atoms with E-state index in [9.17, 15) is 48.2 Å². The third-order valence-electron chi connectivity index (χ3n) is 12.4. The van der Waals surface area contributed by atoms with E-state index in [1.54, 1.807) is 49.8 Å². The van der Waals surface area contributed by atoms with Gasteiger partial charge in [-0.2, -0.15) is 0 Å². The monoisotopic (exact) mass is 920 g/mol. The molecule has 19 heteroatoms. The van der Waals surface area contributed by atoms with Gasteiger partial charge in [0.2, 0.25) is 35.4 Å². The molecule has 2 saturated heterocycles. The summed E-state index contributed by atoms with van der Waals surface area (Å²) in [5.74, 6) is -5.37. The van der Waals surface area contributed by atoms with Crippen molar-refractivity contribution in [3.05, 3.63) is 90.0 Å². The van der Waals surface area contributed by atoms with Crippen LogP contribution in [0.25, 0.3) is 0 Å². The van der Waals surface area contributed by atoms with Gasteiger partial charge in [0.1, 0.15) is 30.2 Å². The van der Waals surface area contributed by atoms with Gasteiger partial charge in [0, 0.05) is 50.3 Å². The van der Waals surface area contributed by atoms with Gasteiger partial charge in [-0.1, -0.05) is 86.3 Å². The molecule has 0 bridgehead atoms. The van der Waals surface area contributed by atoms with E-state index in [1.807, 2.05) is 10.6 Å². The first-order chi connectivity index (χ1) is 31.1. The van der Waals surface area contributed by atoms with E-state index in [0.717, 1.165) is 44.9 Å². The summed E-state index contributed by atoms with van der Waals surface area (Å²) >= 11 is 0.